The highest BCUT2D eigenvalue weighted by Gasteiger charge is 1.87. The topological polar surface area (TPSA) is 29.1 Å². The van der Waals surface area contributed by atoms with Crippen LogP contribution >= 0.6 is 11.3 Å². The zero-order valence-electron chi connectivity index (χ0n) is 3.46. The Hall–Kier alpha value is -0.540. The molecule has 37 valence electrons. The van der Waals surface area contributed by atoms with Crippen LogP contribution in [-0.2, 0) is 5.26 Å². The van der Waals surface area contributed by atoms with E-state index in [-0.39, 0.29) is 0 Å². The van der Waals surface area contributed by atoms with E-state index in [1.807, 2.05) is 0 Å². The van der Waals surface area contributed by atoms with Crippen LogP contribution in [0.1, 0.15) is 0 Å². The molecule has 1 radical (unpaired) electrons. The van der Waals surface area contributed by atoms with Crippen LogP contribution in [0.25, 0.3) is 0 Å². The van der Waals surface area contributed by atoms with Crippen LogP contribution in [0.4, 0.5) is 0 Å². The first-order valence-electron chi connectivity index (χ1n) is 1.77. The SMILES string of the molecule is [O]Oc1cccs1. The van der Waals surface area contributed by atoms with Gasteiger partial charge in [-0.05, 0) is 17.5 Å². The first kappa shape index (κ1) is 4.61. The predicted molar refractivity (Wildman–Crippen MR) is 25.6 cm³/mol. The molecule has 0 bridgehead atoms. The number of thiophene rings is 1. The van der Waals surface area contributed by atoms with E-state index < -0.39 is 0 Å². The lowest BCUT2D eigenvalue weighted by Gasteiger charge is -1.77. The smallest absolute Gasteiger partial charge is 0.222 e. The fourth-order valence-electron chi connectivity index (χ4n) is 0.311. The molecule has 7 heavy (non-hydrogen) atoms. The van der Waals surface area contributed by atoms with Gasteiger partial charge in [0, 0.05) is 5.26 Å². The van der Waals surface area contributed by atoms with Crippen LogP contribution in [0.15, 0.2) is 17.5 Å². The van der Waals surface area contributed by atoms with Gasteiger partial charge in [0.15, 0.2) is 0 Å². The van der Waals surface area contributed by atoms with E-state index in [0.717, 1.165) is 0 Å². The minimum Gasteiger partial charge on any atom is -0.294 e. The lowest BCUT2D eigenvalue weighted by Crippen LogP contribution is -1.71. The molecular weight excluding hydrogens is 112 g/mol. The molecule has 0 unspecified atom stereocenters. The Morgan fingerprint density at radius 1 is 1.71 bits per heavy atom. The summed E-state index contributed by atoms with van der Waals surface area (Å²) in [7, 11) is 0. The maximum absolute atomic E-state index is 9.50. The molecule has 0 amide bonds. The zero-order chi connectivity index (χ0) is 5.11. The van der Waals surface area contributed by atoms with Crippen molar-refractivity contribution in [3.8, 4) is 5.06 Å². The van der Waals surface area contributed by atoms with Crippen LogP contribution in [0.3, 0.4) is 0 Å². The Bertz CT molecular complexity index is 124. The zero-order valence-corrected chi connectivity index (χ0v) is 4.27. The van der Waals surface area contributed by atoms with Crippen molar-refractivity contribution in [3.05, 3.63) is 17.5 Å². The first-order chi connectivity index (χ1) is 3.43. The maximum atomic E-state index is 9.50. The summed E-state index contributed by atoms with van der Waals surface area (Å²) in [5.41, 5.74) is 0. The van der Waals surface area contributed by atoms with Gasteiger partial charge in [0.25, 0.3) is 0 Å². The van der Waals surface area contributed by atoms with Gasteiger partial charge in [-0.15, -0.1) is 11.3 Å². The third-order valence-corrected chi connectivity index (χ3v) is 1.31. The van der Waals surface area contributed by atoms with Crippen LogP contribution in [-0.4, -0.2) is 0 Å². The molecule has 0 aliphatic carbocycles. The van der Waals surface area contributed by atoms with Crippen molar-refractivity contribution >= 4 is 11.3 Å². The molecule has 0 spiro atoms. The molecule has 0 fully saturated rings. The van der Waals surface area contributed by atoms with Gasteiger partial charge in [-0.1, -0.05) is 0 Å². The molecule has 0 N–H and O–H groups in total. The third kappa shape index (κ3) is 0.913. The standard InChI is InChI=1S/C4H3O2S/c5-6-4-2-1-3-7-4/h1-3H. The van der Waals surface area contributed by atoms with Crippen molar-refractivity contribution in [1.29, 1.82) is 0 Å². The van der Waals surface area contributed by atoms with E-state index in [1.54, 1.807) is 17.5 Å². The summed E-state index contributed by atoms with van der Waals surface area (Å²) < 4.78 is 0. The van der Waals surface area contributed by atoms with Crippen molar-refractivity contribution in [2.45, 2.75) is 0 Å². The summed E-state index contributed by atoms with van der Waals surface area (Å²) in [6.07, 6.45) is 0. The summed E-state index contributed by atoms with van der Waals surface area (Å²) in [5.74, 6) is 0. The molecule has 0 aliphatic heterocycles. The van der Waals surface area contributed by atoms with Crippen molar-refractivity contribution < 1.29 is 10.1 Å². The second kappa shape index (κ2) is 1.95. The summed E-state index contributed by atoms with van der Waals surface area (Å²) in [4.78, 5) is 3.62. The van der Waals surface area contributed by atoms with Gasteiger partial charge in [0.2, 0.25) is 5.06 Å². The monoisotopic (exact) mass is 115 g/mol. The fourth-order valence-corrected chi connectivity index (χ4v) is 0.799. The van der Waals surface area contributed by atoms with Gasteiger partial charge in [-0.2, -0.15) is 0 Å². The van der Waals surface area contributed by atoms with Crippen molar-refractivity contribution in [2.75, 3.05) is 0 Å². The van der Waals surface area contributed by atoms with E-state index in [9.17, 15) is 5.26 Å². The summed E-state index contributed by atoms with van der Waals surface area (Å²) in [6.45, 7) is 0. The molecular formula is C4H3O2S. The minimum absolute atomic E-state index is 0.417. The van der Waals surface area contributed by atoms with E-state index in [1.165, 1.54) is 11.3 Å². The van der Waals surface area contributed by atoms with Gasteiger partial charge in [0.1, 0.15) is 0 Å². The van der Waals surface area contributed by atoms with E-state index >= 15 is 0 Å². The highest BCUT2D eigenvalue weighted by atomic mass is 32.1. The quantitative estimate of drug-likeness (QED) is 0.402. The second-order valence-electron chi connectivity index (χ2n) is 1.02. The molecule has 0 aromatic carbocycles. The van der Waals surface area contributed by atoms with Crippen LogP contribution in [0.2, 0.25) is 0 Å². The Morgan fingerprint density at radius 3 is 2.86 bits per heavy atom. The number of hydrogen-bond donors (Lipinski definition) is 0. The molecule has 0 saturated heterocycles. The Kier molecular flexibility index (Phi) is 1.29. The fraction of sp³-hybridized carbons (Fsp3) is 0. The van der Waals surface area contributed by atoms with Gasteiger partial charge in [-0.25, -0.2) is 0 Å². The normalized spacial score (nSPS) is 8.71. The average molecular weight is 115 g/mol. The molecule has 0 saturated carbocycles. The van der Waals surface area contributed by atoms with Crippen molar-refractivity contribution in [2.24, 2.45) is 0 Å². The Morgan fingerprint density at radius 2 is 2.57 bits per heavy atom. The summed E-state index contributed by atoms with van der Waals surface area (Å²) >= 11 is 1.29. The van der Waals surface area contributed by atoms with E-state index in [4.69, 9.17) is 0 Å². The lowest BCUT2D eigenvalue weighted by atomic mass is 10.7. The van der Waals surface area contributed by atoms with Crippen molar-refractivity contribution in [1.82, 2.24) is 0 Å². The Labute approximate surface area is 44.9 Å². The van der Waals surface area contributed by atoms with Crippen LogP contribution in [0, 0.1) is 0 Å². The molecule has 1 aromatic rings. The number of rotatable bonds is 1. The molecule has 0 aliphatic rings. The molecule has 3 heteroatoms. The predicted octanol–water partition coefficient (Wildman–Crippen LogP) is 1.47. The lowest BCUT2D eigenvalue weighted by molar-refractivity contribution is -0.205. The molecule has 2 nitrogen and oxygen atoms in total. The van der Waals surface area contributed by atoms with Crippen molar-refractivity contribution in [3.63, 3.8) is 0 Å². The Balaban J connectivity index is 2.76. The first-order valence-corrected chi connectivity index (χ1v) is 2.65. The minimum atomic E-state index is 0.417. The third-order valence-electron chi connectivity index (χ3n) is 0.577. The highest BCUT2D eigenvalue weighted by Crippen LogP contribution is 2.16. The molecule has 1 aromatic heterocycles. The number of hydrogen-bond acceptors (Lipinski definition) is 2. The maximum Gasteiger partial charge on any atom is 0.222 e. The van der Waals surface area contributed by atoms with Crippen LogP contribution in [0.5, 0.6) is 5.06 Å². The summed E-state index contributed by atoms with van der Waals surface area (Å²) in [6, 6.07) is 3.38. The van der Waals surface area contributed by atoms with E-state index in [0.29, 0.717) is 5.06 Å². The largest absolute Gasteiger partial charge is 0.294 e. The van der Waals surface area contributed by atoms with Crippen LogP contribution < -0.4 is 4.89 Å². The average Bonchev–Trinajstić information content (AvgIpc) is 2.14. The van der Waals surface area contributed by atoms with Gasteiger partial charge in [0.05, 0.1) is 0 Å². The molecule has 0 atom stereocenters. The van der Waals surface area contributed by atoms with Gasteiger partial charge < -0.3 is 0 Å². The second-order valence-corrected chi connectivity index (χ2v) is 1.93. The van der Waals surface area contributed by atoms with E-state index in [2.05, 4.69) is 4.89 Å². The highest BCUT2D eigenvalue weighted by molar-refractivity contribution is 7.11. The molecule has 1 rings (SSSR count). The van der Waals surface area contributed by atoms with Gasteiger partial charge >= 0.3 is 0 Å². The summed E-state index contributed by atoms with van der Waals surface area (Å²) in [5, 5.41) is 11.7. The molecule has 1 heterocycles. The van der Waals surface area contributed by atoms with Gasteiger partial charge in [-0.3, -0.25) is 4.89 Å².